The summed E-state index contributed by atoms with van der Waals surface area (Å²) in [6.45, 7) is 3.12. The molecule has 9 nitrogen and oxygen atoms in total. The molecule has 6 rings (SSSR count). The maximum Gasteiger partial charge on any atom is 0.331 e. The summed E-state index contributed by atoms with van der Waals surface area (Å²) >= 11 is 0. The third-order valence-corrected chi connectivity index (χ3v) is 8.91. The van der Waals surface area contributed by atoms with Crippen LogP contribution >= 0.6 is 0 Å². The topological polar surface area (TPSA) is 93.3 Å². The Hall–Kier alpha value is -5.02. The van der Waals surface area contributed by atoms with Gasteiger partial charge in [0.1, 0.15) is 12.2 Å². The van der Waals surface area contributed by atoms with Crippen molar-refractivity contribution in [1.29, 1.82) is 0 Å². The molecule has 9 heteroatoms. The van der Waals surface area contributed by atoms with Crippen LogP contribution in [-0.2, 0) is 29.0 Å². The van der Waals surface area contributed by atoms with Crippen molar-refractivity contribution in [2.24, 2.45) is 0 Å². The second kappa shape index (κ2) is 13.5. The van der Waals surface area contributed by atoms with Gasteiger partial charge in [-0.05, 0) is 33.9 Å². The van der Waals surface area contributed by atoms with E-state index in [4.69, 9.17) is 0 Å². The molecule has 0 saturated carbocycles. The Morgan fingerprint density at radius 2 is 1.57 bits per heavy atom. The fourth-order valence-corrected chi connectivity index (χ4v) is 6.64. The third kappa shape index (κ3) is 6.23. The van der Waals surface area contributed by atoms with Crippen molar-refractivity contribution in [3.05, 3.63) is 119 Å². The summed E-state index contributed by atoms with van der Waals surface area (Å²) in [5, 5.41) is 8.30. The minimum absolute atomic E-state index is 0.0184. The van der Waals surface area contributed by atoms with Gasteiger partial charge < -0.3 is 15.1 Å². The number of hydrazine groups is 1. The molecular formula is C37H39N5O4. The standard InChI is InChI=1S/C37H39N5O4/c1-3-20-40(37(46)38-2)41-25-35(44)42-32(21-26-16-18-27(19-17-26)22-33(43)29-11-5-4-6-12-29)36(45)39(24-34(41)42)23-30-14-9-13-28-10-7-8-15-31(28)30/h4-19,32,34H,3,20-25H2,1-2H3,(H,38,46)/t32?,34-/m1/s1. The summed E-state index contributed by atoms with van der Waals surface area (Å²) in [5.41, 5.74) is 3.47. The molecule has 0 spiro atoms. The Kier molecular flexibility index (Phi) is 9.12. The lowest BCUT2D eigenvalue weighted by Crippen LogP contribution is -2.66. The number of nitrogens with zero attached hydrogens (tertiary/aromatic N) is 4. The fraction of sp³-hybridized carbons (Fsp3) is 0.297. The van der Waals surface area contributed by atoms with E-state index in [0.29, 0.717) is 31.5 Å². The molecule has 2 aliphatic heterocycles. The van der Waals surface area contributed by atoms with Crippen molar-refractivity contribution >= 4 is 34.4 Å². The molecular weight excluding hydrogens is 578 g/mol. The molecule has 2 heterocycles. The van der Waals surface area contributed by atoms with Gasteiger partial charge in [0, 0.05) is 38.5 Å². The van der Waals surface area contributed by atoms with E-state index in [1.54, 1.807) is 17.0 Å². The molecule has 46 heavy (non-hydrogen) atoms. The highest BCUT2D eigenvalue weighted by molar-refractivity contribution is 5.97. The average Bonchev–Trinajstić information content (AvgIpc) is 3.41. The number of piperazine rings is 1. The Labute approximate surface area is 269 Å². The van der Waals surface area contributed by atoms with Crippen molar-refractivity contribution in [2.45, 2.75) is 44.9 Å². The third-order valence-electron chi connectivity index (χ3n) is 8.91. The molecule has 4 aromatic carbocycles. The lowest BCUT2D eigenvalue weighted by molar-refractivity contribution is -0.157. The highest BCUT2D eigenvalue weighted by Crippen LogP contribution is 2.31. The average molecular weight is 618 g/mol. The Morgan fingerprint density at radius 3 is 2.30 bits per heavy atom. The number of ketones is 1. The van der Waals surface area contributed by atoms with E-state index >= 15 is 0 Å². The highest BCUT2D eigenvalue weighted by atomic mass is 16.2. The molecule has 0 radical (unpaired) electrons. The van der Waals surface area contributed by atoms with Crippen molar-refractivity contribution in [3.8, 4) is 0 Å². The lowest BCUT2D eigenvalue weighted by atomic mass is 9.97. The predicted molar refractivity (Wildman–Crippen MR) is 177 cm³/mol. The van der Waals surface area contributed by atoms with E-state index < -0.39 is 12.2 Å². The minimum Gasteiger partial charge on any atom is -0.340 e. The maximum absolute atomic E-state index is 14.3. The molecule has 0 aromatic heterocycles. The molecule has 2 aliphatic rings. The van der Waals surface area contributed by atoms with Gasteiger partial charge in [-0.2, -0.15) is 5.01 Å². The first kappa shape index (κ1) is 31.0. The van der Waals surface area contributed by atoms with Crippen LogP contribution in [0.2, 0.25) is 0 Å². The van der Waals surface area contributed by atoms with Gasteiger partial charge in [0.05, 0.1) is 13.1 Å². The Bertz CT molecular complexity index is 1740. The molecule has 0 aliphatic carbocycles. The molecule has 1 unspecified atom stereocenters. The number of fused-ring (bicyclic) bond motifs is 2. The Balaban J connectivity index is 1.29. The van der Waals surface area contributed by atoms with Gasteiger partial charge in [0.15, 0.2) is 5.78 Å². The molecule has 1 N–H and O–H groups in total. The number of Topliss-reactive ketones (excluding diaryl/α,β-unsaturated/α-hetero) is 1. The van der Waals surface area contributed by atoms with Crippen LogP contribution in [0.15, 0.2) is 97.1 Å². The van der Waals surface area contributed by atoms with Crippen LogP contribution in [-0.4, -0.2) is 82.3 Å². The van der Waals surface area contributed by atoms with Crippen LogP contribution in [0.3, 0.4) is 0 Å². The zero-order valence-corrected chi connectivity index (χ0v) is 26.3. The van der Waals surface area contributed by atoms with Gasteiger partial charge in [-0.25, -0.2) is 4.79 Å². The van der Waals surface area contributed by atoms with E-state index in [0.717, 1.165) is 27.5 Å². The maximum atomic E-state index is 14.3. The first-order valence-electron chi connectivity index (χ1n) is 15.9. The van der Waals surface area contributed by atoms with Crippen LogP contribution < -0.4 is 5.32 Å². The zero-order chi connectivity index (χ0) is 32.2. The van der Waals surface area contributed by atoms with Gasteiger partial charge in [0.2, 0.25) is 11.8 Å². The predicted octanol–water partition coefficient (Wildman–Crippen LogP) is 4.66. The van der Waals surface area contributed by atoms with Crippen LogP contribution in [0.4, 0.5) is 4.79 Å². The molecule has 4 aromatic rings. The second-order valence-electron chi connectivity index (χ2n) is 11.9. The van der Waals surface area contributed by atoms with Crippen LogP contribution in [0.25, 0.3) is 10.8 Å². The summed E-state index contributed by atoms with van der Waals surface area (Å²) in [6, 6.07) is 30.1. The van der Waals surface area contributed by atoms with E-state index in [1.807, 2.05) is 95.7 Å². The normalized spacial score (nSPS) is 18.1. The van der Waals surface area contributed by atoms with Gasteiger partial charge >= 0.3 is 6.03 Å². The number of hydrogen-bond acceptors (Lipinski definition) is 5. The first-order chi connectivity index (χ1) is 22.4. The van der Waals surface area contributed by atoms with Gasteiger partial charge in [0.25, 0.3) is 0 Å². The van der Waals surface area contributed by atoms with Gasteiger partial charge in [-0.1, -0.05) is 104 Å². The van der Waals surface area contributed by atoms with E-state index in [1.165, 1.54) is 0 Å². The molecule has 236 valence electrons. The largest absolute Gasteiger partial charge is 0.340 e. The monoisotopic (exact) mass is 617 g/mol. The van der Waals surface area contributed by atoms with E-state index in [-0.39, 0.29) is 43.1 Å². The second-order valence-corrected chi connectivity index (χ2v) is 11.9. The van der Waals surface area contributed by atoms with Crippen LogP contribution in [0, 0.1) is 0 Å². The van der Waals surface area contributed by atoms with E-state index in [2.05, 4.69) is 23.5 Å². The summed E-state index contributed by atoms with van der Waals surface area (Å²) in [6.07, 6.45) is 0.824. The number of carbonyl (C=O) groups is 4. The summed E-state index contributed by atoms with van der Waals surface area (Å²) in [4.78, 5) is 57.2. The van der Waals surface area contributed by atoms with Crippen molar-refractivity contribution in [1.82, 2.24) is 25.1 Å². The smallest absolute Gasteiger partial charge is 0.331 e. The number of carbonyl (C=O) groups excluding carboxylic acids is 4. The highest BCUT2D eigenvalue weighted by Gasteiger charge is 2.52. The first-order valence-corrected chi connectivity index (χ1v) is 15.9. The number of amides is 4. The number of nitrogens with one attached hydrogen (secondary N) is 1. The van der Waals surface area contributed by atoms with Crippen LogP contribution in [0.1, 0.15) is 40.4 Å². The molecule has 4 amide bonds. The van der Waals surface area contributed by atoms with Gasteiger partial charge in [-0.15, -0.1) is 0 Å². The molecule has 2 saturated heterocycles. The zero-order valence-electron chi connectivity index (χ0n) is 26.3. The number of benzene rings is 4. The molecule has 2 atom stereocenters. The summed E-state index contributed by atoms with van der Waals surface area (Å²) in [5.74, 6) is -0.258. The van der Waals surface area contributed by atoms with E-state index in [9.17, 15) is 19.2 Å². The summed E-state index contributed by atoms with van der Waals surface area (Å²) in [7, 11) is 1.58. The van der Waals surface area contributed by atoms with Crippen LogP contribution in [0.5, 0.6) is 0 Å². The van der Waals surface area contributed by atoms with Crippen molar-refractivity contribution in [2.75, 3.05) is 26.7 Å². The quantitative estimate of drug-likeness (QED) is 0.262. The molecule has 0 bridgehead atoms. The van der Waals surface area contributed by atoms with Gasteiger partial charge in [-0.3, -0.25) is 19.4 Å². The molecule has 2 fully saturated rings. The summed E-state index contributed by atoms with van der Waals surface area (Å²) < 4.78 is 0. The lowest BCUT2D eigenvalue weighted by Gasteiger charge is -2.46. The SMILES string of the molecule is CCCN(C(=O)NC)N1CC(=O)N2C(Cc3ccc(CC(=O)c4ccccc4)cc3)C(=O)N(Cc3cccc4ccccc34)C[C@@H]21. The number of urea groups is 1. The Morgan fingerprint density at radius 1 is 0.870 bits per heavy atom. The number of hydrogen-bond donors (Lipinski definition) is 1. The fourth-order valence-electron chi connectivity index (χ4n) is 6.64. The minimum atomic E-state index is -0.740. The van der Waals surface area contributed by atoms with Crippen molar-refractivity contribution in [3.63, 3.8) is 0 Å². The number of rotatable bonds is 10. The van der Waals surface area contributed by atoms with Crippen molar-refractivity contribution < 1.29 is 19.2 Å².